The molecule has 1 saturated heterocycles. The third-order valence-electron chi connectivity index (χ3n) is 2.96. The summed E-state index contributed by atoms with van der Waals surface area (Å²) in [6.07, 6.45) is 1.99. The zero-order valence-corrected chi connectivity index (χ0v) is 9.57. The Balaban J connectivity index is 2.30. The van der Waals surface area contributed by atoms with E-state index >= 15 is 0 Å². The standard InChI is InChI=1S/C11H19NO4/c1-2-8(11(14)15)7-12-10(13)9-3-5-16-6-4-9/h8-9H,2-7H2,1H3,(H,12,13)(H,14,15). The summed E-state index contributed by atoms with van der Waals surface area (Å²) in [5.74, 6) is -1.39. The highest BCUT2D eigenvalue weighted by molar-refractivity contribution is 5.79. The first kappa shape index (κ1) is 13.0. The van der Waals surface area contributed by atoms with E-state index in [4.69, 9.17) is 9.84 Å². The van der Waals surface area contributed by atoms with Gasteiger partial charge in [0.2, 0.25) is 5.91 Å². The minimum atomic E-state index is -0.852. The summed E-state index contributed by atoms with van der Waals surface area (Å²) >= 11 is 0. The minimum Gasteiger partial charge on any atom is -0.481 e. The highest BCUT2D eigenvalue weighted by atomic mass is 16.5. The third kappa shape index (κ3) is 3.81. The maximum absolute atomic E-state index is 11.7. The Morgan fingerprint density at radius 3 is 2.56 bits per heavy atom. The monoisotopic (exact) mass is 229 g/mol. The molecular formula is C11H19NO4. The molecule has 0 aromatic heterocycles. The minimum absolute atomic E-state index is 0.0138. The molecule has 0 aromatic carbocycles. The number of amides is 1. The van der Waals surface area contributed by atoms with Gasteiger partial charge in [-0.1, -0.05) is 6.92 Å². The van der Waals surface area contributed by atoms with Crippen LogP contribution in [0.1, 0.15) is 26.2 Å². The van der Waals surface area contributed by atoms with Crippen molar-refractivity contribution in [3.05, 3.63) is 0 Å². The van der Waals surface area contributed by atoms with Crippen molar-refractivity contribution in [2.75, 3.05) is 19.8 Å². The van der Waals surface area contributed by atoms with Crippen LogP contribution in [-0.4, -0.2) is 36.7 Å². The Morgan fingerprint density at radius 1 is 1.44 bits per heavy atom. The van der Waals surface area contributed by atoms with E-state index < -0.39 is 11.9 Å². The number of carboxylic acids is 1. The van der Waals surface area contributed by atoms with Crippen LogP contribution in [0.25, 0.3) is 0 Å². The predicted molar refractivity (Wildman–Crippen MR) is 58.0 cm³/mol. The van der Waals surface area contributed by atoms with Crippen molar-refractivity contribution in [1.29, 1.82) is 0 Å². The van der Waals surface area contributed by atoms with Crippen LogP contribution in [0.2, 0.25) is 0 Å². The summed E-state index contributed by atoms with van der Waals surface area (Å²) in [7, 11) is 0. The van der Waals surface area contributed by atoms with Crippen molar-refractivity contribution < 1.29 is 19.4 Å². The molecule has 1 heterocycles. The van der Waals surface area contributed by atoms with Gasteiger partial charge < -0.3 is 15.2 Å². The Morgan fingerprint density at radius 2 is 2.06 bits per heavy atom. The second-order valence-corrected chi connectivity index (χ2v) is 4.08. The molecule has 1 amide bonds. The first-order chi connectivity index (χ1) is 7.65. The molecule has 0 spiro atoms. The van der Waals surface area contributed by atoms with Crippen LogP contribution in [-0.2, 0) is 14.3 Å². The van der Waals surface area contributed by atoms with E-state index in [0.717, 1.165) is 12.8 Å². The lowest BCUT2D eigenvalue weighted by atomic mass is 9.99. The molecular weight excluding hydrogens is 210 g/mol. The zero-order chi connectivity index (χ0) is 12.0. The van der Waals surface area contributed by atoms with Crippen molar-refractivity contribution in [1.82, 2.24) is 5.32 Å². The van der Waals surface area contributed by atoms with E-state index in [1.165, 1.54) is 0 Å². The second-order valence-electron chi connectivity index (χ2n) is 4.08. The van der Waals surface area contributed by atoms with Gasteiger partial charge in [0.1, 0.15) is 0 Å². The summed E-state index contributed by atoms with van der Waals surface area (Å²) in [6, 6.07) is 0. The molecule has 0 saturated carbocycles. The first-order valence-electron chi connectivity index (χ1n) is 5.73. The summed E-state index contributed by atoms with van der Waals surface area (Å²) in [5, 5.41) is 11.5. The molecule has 0 aliphatic carbocycles. The van der Waals surface area contributed by atoms with Gasteiger partial charge in [-0.05, 0) is 19.3 Å². The molecule has 1 aliphatic rings. The number of nitrogens with one attached hydrogen (secondary N) is 1. The van der Waals surface area contributed by atoms with Crippen LogP contribution in [0.4, 0.5) is 0 Å². The average Bonchev–Trinajstić information content (AvgIpc) is 2.30. The molecule has 2 N–H and O–H groups in total. The largest absolute Gasteiger partial charge is 0.481 e. The molecule has 16 heavy (non-hydrogen) atoms. The van der Waals surface area contributed by atoms with E-state index in [9.17, 15) is 9.59 Å². The fourth-order valence-electron chi connectivity index (χ4n) is 1.73. The molecule has 1 atom stereocenters. The van der Waals surface area contributed by atoms with Gasteiger partial charge >= 0.3 is 5.97 Å². The summed E-state index contributed by atoms with van der Waals surface area (Å²) in [4.78, 5) is 22.4. The lowest BCUT2D eigenvalue weighted by Gasteiger charge is -2.22. The number of aliphatic carboxylic acids is 1. The number of carboxylic acid groups (broad SMARTS) is 1. The Kier molecular flexibility index (Phi) is 5.25. The molecule has 1 unspecified atom stereocenters. The van der Waals surface area contributed by atoms with Gasteiger partial charge in [-0.3, -0.25) is 9.59 Å². The number of ether oxygens (including phenoxy) is 1. The van der Waals surface area contributed by atoms with E-state index in [1.54, 1.807) is 6.92 Å². The lowest BCUT2D eigenvalue weighted by Crippen LogP contribution is -2.38. The summed E-state index contributed by atoms with van der Waals surface area (Å²) < 4.78 is 5.16. The number of hydrogen-bond donors (Lipinski definition) is 2. The number of rotatable bonds is 5. The molecule has 0 radical (unpaired) electrons. The summed E-state index contributed by atoms with van der Waals surface area (Å²) in [5.41, 5.74) is 0. The maximum atomic E-state index is 11.7. The normalized spacial score (nSPS) is 19.1. The van der Waals surface area contributed by atoms with Crippen LogP contribution in [0.5, 0.6) is 0 Å². The SMILES string of the molecule is CCC(CNC(=O)C1CCOCC1)C(=O)O. The van der Waals surface area contributed by atoms with Gasteiger partial charge in [-0.15, -0.1) is 0 Å². The van der Waals surface area contributed by atoms with Gasteiger partial charge in [0.25, 0.3) is 0 Å². The second kappa shape index (κ2) is 6.48. The number of carbonyl (C=O) groups is 2. The molecule has 5 heteroatoms. The summed E-state index contributed by atoms with van der Waals surface area (Å²) in [6.45, 7) is 3.27. The molecule has 0 aromatic rings. The van der Waals surface area contributed by atoms with Crippen LogP contribution in [0, 0.1) is 11.8 Å². The topological polar surface area (TPSA) is 75.6 Å². The first-order valence-corrected chi connectivity index (χ1v) is 5.73. The molecule has 92 valence electrons. The van der Waals surface area contributed by atoms with E-state index in [2.05, 4.69) is 5.32 Å². The highest BCUT2D eigenvalue weighted by Crippen LogP contribution is 2.14. The third-order valence-corrected chi connectivity index (χ3v) is 2.96. The van der Waals surface area contributed by atoms with Crippen LogP contribution >= 0.6 is 0 Å². The lowest BCUT2D eigenvalue weighted by molar-refractivity contribution is -0.141. The van der Waals surface area contributed by atoms with Gasteiger partial charge in [0.05, 0.1) is 5.92 Å². The Hall–Kier alpha value is -1.10. The van der Waals surface area contributed by atoms with Gasteiger partial charge in [-0.2, -0.15) is 0 Å². The van der Waals surface area contributed by atoms with Crippen molar-refractivity contribution in [3.63, 3.8) is 0 Å². The van der Waals surface area contributed by atoms with Crippen molar-refractivity contribution >= 4 is 11.9 Å². The molecule has 5 nitrogen and oxygen atoms in total. The van der Waals surface area contributed by atoms with Gasteiger partial charge in [0.15, 0.2) is 0 Å². The number of hydrogen-bond acceptors (Lipinski definition) is 3. The predicted octanol–water partition coefficient (Wildman–Crippen LogP) is 0.640. The molecule has 1 aliphatic heterocycles. The van der Waals surface area contributed by atoms with Crippen molar-refractivity contribution in [2.24, 2.45) is 11.8 Å². The van der Waals surface area contributed by atoms with Crippen molar-refractivity contribution in [3.8, 4) is 0 Å². The van der Waals surface area contributed by atoms with Gasteiger partial charge in [0, 0.05) is 25.7 Å². The molecule has 1 rings (SSSR count). The van der Waals surface area contributed by atoms with Crippen molar-refractivity contribution in [2.45, 2.75) is 26.2 Å². The fraction of sp³-hybridized carbons (Fsp3) is 0.818. The highest BCUT2D eigenvalue weighted by Gasteiger charge is 2.23. The van der Waals surface area contributed by atoms with Gasteiger partial charge in [-0.25, -0.2) is 0 Å². The van der Waals surface area contributed by atoms with Crippen LogP contribution < -0.4 is 5.32 Å². The molecule has 0 bridgehead atoms. The smallest absolute Gasteiger partial charge is 0.308 e. The maximum Gasteiger partial charge on any atom is 0.308 e. The fourth-order valence-corrected chi connectivity index (χ4v) is 1.73. The van der Waals surface area contributed by atoms with Crippen LogP contribution in [0.3, 0.4) is 0 Å². The zero-order valence-electron chi connectivity index (χ0n) is 9.57. The quantitative estimate of drug-likeness (QED) is 0.725. The van der Waals surface area contributed by atoms with Crippen LogP contribution in [0.15, 0.2) is 0 Å². The Bertz CT molecular complexity index is 248. The van der Waals surface area contributed by atoms with E-state index in [-0.39, 0.29) is 18.4 Å². The Labute approximate surface area is 95.2 Å². The van der Waals surface area contributed by atoms with E-state index in [1.807, 2.05) is 0 Å². The number of carbonyl (C=O) groups excluding carboxylic acids is 1. The van der Waals surface area contributed by atoms with E-state index in [0.29, 0.717) is 19.6 Å². The molecule has 1 fully saturated rings. The average molecular weight is 229 g/mol.